The van der Waals surface area contributed by atoms with Crippen LogP contribution in [-0.2, 0) is 6.42 Å². The number of likely N-dealkylation sites (N-methyl/N-ethyl adjacent to an activating group) is 1. The van der Waals surface area contributed by atoms with Crippen molar-refractivity contribution in [2.24, 2.45) is 0 Å². The van der Waals surface area contributed by atoms with E-state index in [1.54, 1.807) is 13.2 Å². The number of hydrogen-bond donors (Lipinski definition) is 0. The molecule has 0 spiro atoms. The number of benzene rings is 1. The molecule has 1 amide bonds. The predicted octanol–water partition coefficient (Wildman–Crippen LogP) is 2.96. The molecule has 0 N–H and O–H groups in total. The highest BCUT2D eigenvalue weighted by Crippen LogP contribution is 2.23. The first-order chi connectivity index (χ1) is 10.5. The average molecular weight is 320 g/mol. The van der Waals surface area contributed by atoms with Crippen molar-refractivity contribution in [1.29, 1.82) is 0 Å². The van der Waals surface area contributed by atoms with E-state index in [9.17, 15) is 14.9 Å². The lowest BCUT2D eigenvalue weighted by atomic mass is 10.1. The molecule has 0 saturated carbocycles. The van der Waals surface area contributed by atoms with Crippen LogP contribution >= 0.6 is 11.6 Å². The first kappa shape index (κ1) is 15.9. The molecule has 0 aliphatic heterocycles. The zero-order chi connectivity index (χ0) is 16.1. The summed E-state index contributed by atoms with van der Waals surface area (Å²) in [6, 6.07) is 9.43. The number of non-ortho nitro benzene ring substituents is 1. The quantitative estimate of drug-likeness (QED) is 0.627. The second kappa shape index (κ2) is 7.00. The summed E-state index contributed by atoms with van der Waals surface area (Å²) in [7, 11) is 1.66. The lowest BCUT2D eigenvalue weighted by Gasteiger charge is -2.17. The summed E-state index contributed by atoms with van der Waals surface area (Å²) in [5.74, 6) is -0.282. The standard InChI is InChI=1S/C15H14ClN3O3/c1-18(9-7-11-4-2-3-8-17-11)15(20)13-6-5-12(19(21)22)10-14(13)16/h2-6,8,10H,7,9H2,1H3. The number of aromatic nitrogens is 1. The fourth-order valence-corrected chi connectivity index (χ4v) is 2.18. The van der Waals surface area contributed by atoms with Gasteiger partial charge in [-0.3, -0.25) is 19.9 Å². The number of amides is 1. The van der Waals surface area contributed by atoms with Gasteiger partial charge in [-0.1, -0.05) is 17.7 Å². The number of nitrogens with zero attached hydrogens (tertiary/aromatic N) is 3. The number of rotatable bonds is 5. The van der Waals surface area contributed by atoms with E-state index in [0.717, 1.165) is 5.69 Å². The lowest BCUT2D eigenvalue weighted by molar-refractivity contribution is -0.384. The van der Waals surface area contributed by atoms with Crippen LogP contribution in [0.4, 0.5) is 5.69 Å². The molecule has 1 heterocycles. The van der Waals surface area contributed by atoms with Gasteiger partial charge in [-0.2, -0.15) is 0 Å². The molecule has 1 aromatic carbocycles. The highest BCUT2D eigenvalue weighted by molar-refractivity contribution is 6.34. The van der Waals surface area contributed by atoms with Crippen LogP contribution in [0.2, 0.25) is 5.02 Å². The highest BCUT2D eigenvalue weighted by Gasteiger charge is 2.18. The average Bonchev–Trinajstić information content (AvgIpc) is 2.52. The second-order valence-corrected chi connectivity index (χ2v) is 5.13. The van der Waals surface area contributed by atoms with Gasteiger partial charge in [-0.25, -0.2) is 0 Å². The van der Waals surface area contributed by atoms with Crippen molar-refractivity contribution in [3.63, 3.8) is 0 Å². The SMILES string of the molecule is CN(CCc1ccccn1)C(=O)c1ccc([N+](=O)[O-])cc1Cl. The van der Waals surface area contributed by atoms with Crippen LogP contribution in [0.25, 0.3) is 0 Å². The summed E-state index contributed by atoms with van der Waals surface area (Å²) in [4.78, 5) is 28.1. The van der Waals surface area contributed by atoms with Crippen LogP contribution < -0.4 is 0 Å². The summed E-state index contributed by atoms with van der Waals surface area (Å²) < 4.78 is 0. The summed E-state index contributed by atoms with van der Waals surface area (Å²) in [6.07, 6.45) is 2.32. The molecule has 22 heavy (non-hydrogen) atoms. The first-order valence-electron chi connectivity index (χ1n) is 6.58. The maximum absolute atomic E-state index is 12.3. The topological polar surface area (TPSA) is 76.3 Å². The molecule has 0 saturated heterocycles. The van der Waals surface area contributed by atoms with Crippen LogP contribution in [0.15, 0.2) is 42.6 Å². The van der Waals surface area contributed by atoms with E-state index in [1.165, 1.54) is 23.1 Å². The number of hydrogen-bond acceptors (Lipinski definition) is 4. The Hall–Kier alpha value is -2.47. The Labute approximate surface area is 132 Å². The largest absolute Gasteiger partial charge is 0.341 e. The molecule has 0 fully saturated rings. The second-order valence-electron chi connectivity index (χ2n) is 4.72. The van der Waals surface area contributed by atoms with E-state index in [2.05, 4.69) is 4.98 Å². The van der Waals surface area contributed by atoms with Crippen molar-refractivity contribution in [2.75, 3.05) is 13.6 Å². The van der Waals surface area contributed by atoms with Crippen LogP contribution in [0, 0.1) is 10.1 Å². The van der Waals surface area contributed by atoms with Crippen molar-refractivity contribution in [1.82, 2.24) is 9.88 Å². The van der Waals surface area contributed by atoms with Crippen molar-refractivity contribution in [2.45, 2.75) is 6.42 Å². The molecule has 0 unspecified atom stereocenters. The van der Waals surface area contributed by atoms with Gasteiger partial charge in [-0.15, -0.1) is 0 Å². The van der Waals surface area contributed by atoms with Gasteiger partial charge in [0.15, 0.2) is 0 Å². The summed E-state index contributed by atoms with van der Waals surface area (Å²) in [6.45, 7) is 0.475. The van der Waals surface area contributed by atoms with Gasteiger partial charge in [0.25, 0.3) is 11.6 Å². The molecule has 0 aliphatic carbocycles. The number of pyridine rings is 1. The maximum Gasteiger partial charge on any atom is 0.270 e. The van der Waals surface area contributed by atoms with E-state index < -0.39 is 4.92 Å². The van der Waals surface area contributed by atoms with Crippen molar-refractivity contribution >= 4 is 23.2 Å². The molecule has 6 nitrogen and oxygen atoms in total. The number of nitro groups is 1. The maximum atomic E-state index is 12.3. The number of nitro benzene ring substituents is 1. The highest BCUT2D eigenvalue weighted by atomic mass is 35.5. The molecule has 1 aromatic heterocycles. The van der Waals surface area contributed by atoms with Gasteiger partial charge in [0.1, 0.15) is 0 Å². The fraction of sp³-hybridized carbons (Fsp3) is 0.200. The zero-order valence-corrected chi connectivity index (χ0v) is 12.7. The number of carbonyl (C=O) groups excluding carboxylic acids is 1. The number of halogens is 1. The minimum Gasteiger partial charge on any atom is -0.341 e. The summed E-state index contributed by atoms with van der Waals surface area (Å²) in [5.41, 5.74) is 0.991. The molecule has 0 atom stereocenters. The summed E-state index contributed by atoms with van der Waals surface area (Å²) in [5, 5.41) is 10.7. The van der Waals surface area contributed by atoms with Crippen LogP contribution in [0.3, 0.4) is 0 Å². The first-order valence-corrected chi connectivity index (χ1v) is 6.96. The predicted molar refractivity (Wildman–Crippen MR) is 83.0 cm³/mol. The van der Waals surface area contributed by atoms with Crippen molar-refractivity contribution in [3.05, 3.63) is 69.0 Å². The smallest absolute Gasteiger partial charge is 0.270 e. The van der Waals surface area contributed by atoms with Crippen LogP contribution in [0.1, 0.15) is 16.1 Å². The van der Waals surface area contributed by atoms with Gasteiger partial charge in [0.05, 0.1) is 15.5 Å². The fourth-order valence-electron chi connectivity index (χ4n) is 1.93. The monoisotopic (exact) mass is 319 g/mol. The lowest BCUT2D eigenvalue weighted by Crippen LogP contribution is -2.29. The minimum atomic E-state index is -0.551. The Bertz CT molecular complexity index is 692. The molecule has 0 radical (unpaired) electrons. The normalized spacial score (nSPS) is 10.3. The third kappa shape index (κ3) is 3.79. The van der Waals surface area contributed by atoms with E-state index in [-0.39, 0.29) is 22.2 Å². The van der Waals surface area contributed by atoms with Gasteiger partial charge in [0, 0.05) is 44.0 Å². The van der Waals surface area contributed by atoms with Gasteiger partial charge < -0.3 is 4.90 Å². The van der Waals surface area contributed by atoms with Gasteiger partial charge in [-0.05, 0) is 18.2 Å². The van der Waals surface area contributed by atoms with Gasteiger partial charge >= 0.3 is 0 Å². The molecular weight excluding hydrogens is 306 g/mol. The Morgan fingerprint density at radius 2 is 2.14 bits per heavy atom. The third-order valence-electron chi connectivity index (χ3n) is 3.17. The van der Waals surface area contributed by atoms with E-state index >= 15 is 0 Å². The van der Waals surface area contributed by atoms with Gasteiger partial charge in [0.2, 0.25) is 0 Å². The number of carbonyl (C=O) groups is 1. The molecule has 7 heteroatoms. The molecule has 0 bridgehead atoms. The van der Waals surface area contributed by atoms with Crippen molar-refractivity contribution < 1.29 is 9.72 Å². The molecular formula is C15H14ClN3O3. The molecule has 114 valence electrons. The van der Waals surface area contributed by atoms with E-state index in [4.69, 9.17) is 11.6 Å². The van der Waals surface area contributed by atoms with E-state index in [1.807, 2.05) is 18.2 Å². The van der Waals surface area contributed by atoms with Crippen molar-refractivity contribution in [3.8, 4) is 0 Å². The Balaban J connectivity index is 2.06. The molecule has 0 aliphatic rings. The summed E-state index contributed by atoms with van der Waals surface area (Å²) >= 11 is 5.97. The third-order valence-corrected chi connectivity index (χ3v) is 3.48. The van der Waals surface area contributed by atoms with E-state index in [0.29, 0.717) is 13.0 Å². The van der Waals surface area contributed by atoms with Crippen LogP contribution in [-0.4, -0.2) is 34.3 Å². The molecule has 2 rings (SSSR count). The Morgan fingerprint density at radius 1 is 1.36 bits per heavy atom. The molecule has 2 aromatic rings. The Morgan fingerprint density at radius 3 is 2.73 bits per heavy atom. The Kier molecular flexibility index (Phi) is 5.06. The zero-order valence-electron chi connectivity index (χ0n) is 11.9. The van der Waals surface area contributed by atoms with Crippen LogP contribution in [0.5, 0.6) is 0 Å². The minimum absolute atomic E-state index is 0.0730.